The van der Waals surface area contributed by atoms with Gasteiger partial charge in [-0.25, -0.2) is 0 Å². The highest BCUT2D eigenvalue weighted by Crippen LogP contribution is 2.30. The zero-order chi connectivity index (χ0) is 21.4. The molecular weight excluding hydrogens is 390 g/mol. The smallest absolute Gasteiger partial charge is 0.306 e. The van der Waals surface area contributed by atoms with E-state index in [0.717, 1.165) is 6.42 Å². The van der Waals surface area contributed by atoms with Crippen molar-refractivity contribution in [2.24, 2.45) is 5.92 Å². The molecule has 3 atom stereocenters. The molecule has 0 bridgehead atoms. The number of carbonyl (C=O) groups is 5. The predicted octanol–water partition coefficient (Wildman–Crippen LogP) is 0.821. The fraction of sp³-hybridized carbons (Fsp3) is 0.476. The van der Waals surface area contributed by atoms with Crippen LogP contribution in [0.1, 0.15) is 64.8 Å². The molecule has 4 rings (SSSR count). The SMILES string of the molecule is O=C1CCC(N2Cc3c(C(=O)N[C@H]4CCC[C@@H](C(=O)O)C4)cccc3C2=O)C(=O)N1. The molecule has 0 aromatic heterocycles. The second-order valence-corrected chi connectivity index (χ2v) is 8.10. The van der Waals surface area contributed by atoms with Crippen LogP contribution in [0.2, 0.25) is 0 Å². The molecule has 4 amide bonds. The fourth-order valence-corrected chi connectivity index (χ4v) is 4.61. The lowest BCUT2D eigenvalue weighted by atomic mass is 9.85. The Balaban J connectivity index is 1.51. The third-order valence-electron chi connectivity index (χ3n) is 6.19. The van der Waals surface area contributed by atoms with Gasteiger partial charge in [0.05, 0.1) is 5.92 Å². The number of nitrogens with zero attached hydrogens (tertiary/aromatic N) is 1. The zero-order valence-corrected chi connectivity index (χ0v) is 16.3. The highest BCUT2D eigenvalue weighted by molar-refractivity contribution is 6.07. The third kappa shape index (κ3) is 3.67. The van der Waals surface area contributed by atoms with E-state index in [9.17, 15) is 29.1 Å². The first-order chi connectivity index (χ1) is 14.3. The van der Waals surface area contributed by atoms with E-state index < -0.39 is 23.8 Å². The number of carbonyl (C=O) groups excluding carboxylic acids is 4. The number of aliphatic carboxylic acids is 1. The number of piperidine rings is 1. The second-order valence-electron chi connectivity index (χ2n) is 8.10. The van der Waals surface area contributed by atoms with Gasteiger partial charge in [0, 0.05) is 30.1 Å². The Morgan fingerprint density at radius 3 is 2.67 bits per heavy atom. The van der Waals surface area contributed by atoms with Gasteiger partial charge in [-0.3, -0.25) is 29.3 Å². The minimum absolute atomic E-state index is 0.118. The first-order valence-corrected chi connectivity index (χ1v) is 10.2. The van der Waals surface area contributed by atoms with Crippen LogP contribution in [0.5, 0.6) is 0 Å². The average molecular weight is 413 g/mol. The van der Waals surface area contributed by atoms with Crippen LogP contribution < -0.4 is 10.6 Å². The molecule has 2 heterocycles. The summed E-state index contributed by atoms with van der Waals surface area (Å²) in [6, 6.07) is 3.91. The number of hydrogen-bond acceptors (Lipinski definition) is 5. The molecule has 1 aliphatic carbocycles. The molecule has 0 radical (unpaired) electrons. The fourth-order valence-electron chi connectivity index (χ4n) is 4.61. The van der Waals surface area contributed by atoms with E-state index >= 15 is 0 Å². The predicted molar refractivity (Wildman–Crippen MR) is 103 cm³/mol. The molecule has 9 nitrogen and oxygen atoms in total. The van der Waals surface area contributed by atoms with Crippen LogP contribution in [0.15, 0.2) is 18.2 Å². The van der Waals surface area contributed by atoms with Crippen molar-refractivity contribution in [1.82, 2.24) is 15.5 Å². The van der Waals surface area contributed by atoms with E-state index in [1.54, 1.807) is 18.2 Å². The molecule has 30 heavy (non-hydrogen) atoms. The summed E-state index contributed by atoms with van der Waals surface area (Å²) in [5, 5.41) is 14.4. The Morgan fingerprint density at radius 1 is 1.13 bits per heavy atom. The Hall–Kier alpha value is -3.23. The highest BCUT2D eigenvalue weighted by Gasteiger charge is 2.40. The molecule has 1 saturated heterocycles. The molecule has 9 heteroatoms. The van der Waals surface area contributed by atoms with Crippen LogP contribution in [-0.4, -0.2) is 51.7 Å². The Labute approximate surface area is 172 Å². The molecule has 3 aliphatic rings. The summed E-state index contributed by atoms with van der Waals surface area (Å²) < 4.78 is 0. The van der Waals surface area contributed by atoms with Gasteiger partial charge in [0.1, 0.15) is 6.04 Å². The maximum atomic E-state index is 12.9. The molecule has 1 aromatic carbocycles. The lowest BCUT2D eigenvalue weighted by Crippen LogP contribution is -2.52. The Kier molecular flexibility index (Phi) is 5.27. The number of nitrogens with one attached hydrogen (secondary N) is 2. The molecular formula is C21H23N3O6. The number of rotatable bonds is 4. The molecule has 158 valence electrons. The molecule has 2 fully saturated rings. The van der Waals surface area contributed by atoms with Crippen molar-refractivity contribution < 1.29 is 29.1 Å². The van der Waals surface area contributed by atoms with Crippen molar-refractivity contribution in [3.63, 3.8) is 0 Å². The van der Waals surface area contributed by atoms with Gasteiger partial charge in [0.25, 0.3) is 11.8 Å². The van der Waals surface area contributed by atoms with Crippen LogP contribution in [-0.2, 0) is 20.9 Å². The summed E-state index contributed by atoms with van der Waals surface area (Å²) in [6.07, 6.45) is 2.86. The van der Waals surface area contributed by atoms with E-state index in [0.29, 0.717) is 36.0 Å². The summed E-state index contributed by atoms with van der Waals surface area (Å²) in [5.41, 5.74) is 1.28. The van der Waals surface area contributed by atoms with Crippen molar-refractivity contribution in [3.8, 4) is 0 Å². The summed E-state index contributed by atoms with van der Waals surface area (Å²) in [6.45, 7) is 0.118. The molecule has 1 unspecified atom stereocenters. The lowest BCUT2D eigenvalue weighted by molar-refractivity contribution is -0.143. The van der Waals surface area contributed by atoms with Gasteiger partial charge in [-0.05, 0) is 43.4 Å². The quantitative estimate of drug-likeness (QED) is 0.626. The monoisotopic (exact) mass is 413 g/mol. The van der Waals surface area contributed by atoms with E-state index in [2.05, 4.69) is 10.6 Å². The average Bonchev–Trinajstić information content (AvgIpc) is 3.04. The number of fused-ring (bicyclic) bond motifs is 1. The van der Waals surface area contributed by atoms with Crippen molar-refractivity contribution in [2.75, 3.05) is 0 Å². The molecule has 3 N–H and O–H groups in total. The standard InChI is InChI=1S/C21H23N3O6/c25-17-8-7-16(19(27)23-17)24-10-15-13(5-2-6-14(15)20(24)28)18(26)22-12-4-1-3-11(9-12)21(29)30/h2,5-6,11-12,16H,1,3-4,7-10H2,(H,22,26)(H,29,30)(H,23,25,27)/t11-,12+,16?/m1/s1. The first-order valence-electron chi connectivity index (χ1n) is 10.2. The molecule has 2 aliphatic heterocycles. The maximum Gasteiger partial charge on any atom is 0.306 e. The van der Waals surface area contributed by atoms with Crippen molar-refractivity contribution in [1.29, 1.82) is 0 Å². The summed E-state index contributed by atoms with van der Waals surface area (Å²) in [4.78, 5) is 62.1. The number of carboxylic acids is 1. The highest BCUT2D eigenvalue weighted by atomic mass is 16.4. The van der Waals surface area contributed by atoms with E-state index in [4.69, 9.17) is 0 Å². The summed E-state index contributed by atoms with van der Waals surface area (Å²) in [5.74, 6) is -2.85. The Morgan fingerprint density at radius 2 is 1.93 bits per heavy atom. The van der Waals surface area contributed by atoms with Crippen LogP contribution >= 0.6 is 0 Å². The first kappa shape index (κ1) is 20.1. The van der Waals surface area contributed by atoms with Crippen molar-refractivity contribution in [2.45, 2.75) is 57.2 Å². The maximum absolute atomic E-state index is 12.9. The van der Waals surface area contributed by atoms with Gasteiger partial charge in [-0.1, -0.05) is 12.5 Å². The van der Waals surface area contributed by atoms with Gasteiger partial charge in [0.15, 0.2) is 0 Å². The number of benzene rings is 1. The van der Waals surface area contributed by atoms with E-state index in [1.807, 2.05) is 0 Å². The second kappa shape index (κ2) is 7.89. The van der Waals surface area contributed by atoms with Crippen LogP contribution in [0.3, 0.4) is 0 Å². The van der Waals surface area contributed by atoms with Crippen molar-refractivity contribution >= 4 is 29.6 Å². The van der Waals surface area contributed by atoms with E-state index in [1.165, 1.54) is 4.90 Å². The zero-order valence-electron chi connectivity index (χ0n) is 16.3. The largest absolute Gasteiger partial charge is 0.481 e. The number of imide groups is 1. The lowest BCUT2D eigenvalue weighted by Gasteiger charge is -2.29. The van der Waals surface area contributed by atoms with Gasteiger partial charge in [0.2, 0.25) is 11.8 Å². The summed E-state index contributed by atoms with van der Waals surface area (Å²) >= 11 is 0. The number of carboxylic acid groups (broad SMARTS) is 1. The van der Waals surface area contributed by atoms with Crippen LogP contribution in [0.4, 0.5) is 0 Å². The molecule has 0 spiro atoms. The van der Waals surface area contributed by atoms with Gasteiger partial charge in [-0.2, -0.15) is 0 Å². The third-order valence-corrected chi connectivity index (χ3v) is 6.19. The number of amides is 4. The number of hydrogen-bond donors (Lipinski definition) is 3. The summed E-state index contributed by atoms with van der Waals surface area (Å²) in [7, 11) is 0. The van der Waals surface area contributed by atoms with Gasteiger partial charge < -0.3 is 15.3 Å². The molecule has 1 saturated carbocycles. The molecule has 1 aromatic rings. The van der Waals surface area contributed by atoms with Crippen LogP contribution in [0, 0.1) is 5.92 Å². The van der Waals surface area contributed by atoms with Crippen LogP contribution in [0.25, 0.3) is 0 Å². The normalized spacial score (nSPS) is 26.2. The van der Waals surface area contributed by atoms with E-state index in [-0.39, 0.29) is 43.1 Å². The Bertz CT molecular complexity index is 943. The van der Waals surface area contributed by atoms with Crippen molar-refractivity contribution in [3.05, 3.63) is 34.9 Å². The minimum Gasteiger partial charge on any atom is -0.481 e. The minimum atomic E-state index is -0.847. The van der Waals surface area contributed by atoms with Gasteiger partial charge >= 0.3 is 5.97 Å². The van der Waals surface area contributed by atoms with Gasteiger partial charge in [-0.15, -0.1) is 0 Å². The topological polar surface area (TPSA) is 133 Å².